The molecular weight excluding hydrogens is 334 g/mol. The molecule has 0 saturated heterocycles. The molecule has 0 saturated carbocycles. The van der Waals surface area contributed by atoms with Crippen molar-refractivity contribution in [3.05, 3.63) is 71.9 Å². The first-order chi connectivity index (χ1) is 12.2. The number of aromatic nitrogens is 1. The van der Waals surface area contributed by atoms with Crippen molar-refractivity contribution in [1.29, 1.82) is 0 Å². The largest absolute Gasteiger partial charge is 0.478 e. The number of nitrogens with zero attached hydrogens (tertiary/aromatic N) is 1. The van der Waals surface area contributed by atoms with Gasteiger partial charge in [0.25, 0.3) is 0 Å². The monoisotopic (exact) mass is 347 g/mol. The highest BCUT2D eigenvalue weighted by atomic mass is 32.1. The van der Waals surface area contributed by atoms with Crippen molar-refractivity contribution in [3.63, 3.8) is 0 Å². The van der Waals surface area contributed by atoms with Crippen LogP contribution in [0, 0.1) is 0 Å². The lowest BCUT2D eigenvalue weighted by Gasteiger charge is -2.03. The van der Waals surface area contributed by atoms with Crippen LogP contribution in [0.25, 0.3) is 32.2 Å². The van der Waals surface area contributed by atoms with Gasteiger partial charge in [0.1, 0.15) is 4.83 Å². The Hall–Kier alpha value is -3.18. The molecule has 4 aromatic rings. The molecule has 2 aromatic carbocycles. The molecule has 2 heterocycles. The number of benzene rings is 2. The minimum Gasteiger partial charge on any atom is -0.478 e. The molecule has 4 nitrogen and oxygen atoms in total. The van der Waals surface area contributed by atoms with Crippen LogP contribution in [0.5, 0.6) is 0 Å². The maximum Gasteiger partial charge on any atom is 0.328 e. The van der Waals surface area contributed by atoms with Gasteiger partial charge in [-0.1, -0.05) is 42.5 Å². The Kier molecular flexibility index (Phi) is 3.71. The van der Waals surface area contributed by atoms with E-state index < -0.39 is 5.97 Å². The van der Waals surface area contributed by atoms with E-state index in [0.717, 1.165) is 44.1 Å². The molecule has 5 heteroatoms. The summed E-state index contributed by atoms with van der Waals surface area (Å²) in [7, 11) is 0. The number of aliphatic carboxylic acids is 1. The van der Waals surface area contributed by atoms with Crippen molar-refractivity contribution in [2.24, 2.45) is 0 Å². The molecule has 2 aromatic heterocycles. The van der Waals surface area contributed by atoms with E-state index in [9.17, 15) is 9.59 Å². The Morgan fingerprint density at radius 2 is 1.76 bits per heavy atom. The molecule has 122 valence electrons. The number of thiazole rings is 1. The molecule has 25 heavy (non-hydrogen) atoms. The van der Waals surface area contributed by atoms with Gasteiger partial charge < -0.3 is 5.11 Å². The molecule has 0 atom stereocenters. The molecule has 1 N–H and O–H groups in total. The molecule has 0 fully saturated rings. The number of carboxylic acid groups (broad SMARTS) is 1. The first-order valence-corrected chi connectivity index (χ1v) is 8.50. The van der Waals surface area contributed by atoms with Crippen LogP contribution in [0.3, 0.4) is 0 Å². The SMILES string of the molecule is O=Cc1c(-c2ccccc2)c(/C=C/C(=O)O)c2sc3ccccc3n12. The number of carbonyl (C=O) groups excluding carboxylic acids is 1. The summed E-state index contributed by atoms with van der Waals surface area (Å²) in [5, 5.41) is 9.05. The number of carbonyl (C=O) groups is 2. The lowest BCUT2D eigenvalue weighted by atomic mass is 10.0. The summed E-state index contributed by atoms with van der Waals surface area (Å²) in [4.78, 5) is 23.9. The molecule has 0 spiro atoms. The van der Waals surface area contributed by atoms with E-state index in [0.29, 0.717) is 5.69 Å². The summed E-state index contributed by atoms with van der Waals surface area (Å²) in [5.41, 5.74) is 3.86. The van der Waals surface area contributed by atoms with Gasteiger partial charge in [0.05, 0.1) is 15.9 Å². The third-order valence-electron chi connectivity index (χ3n) is 4.08. The van der Waals surface area contributed by atoms with Crippen molar-refractivity contribution in [2.75, 3.05) is 0 Å². The van der Waals surface area contributed by atoms with Crippen molar-refractivity contribution in [3.8, 4) is 11.1 Å². The number of para-hydroxylation sites is 1. The molecule has 0 aliphatic rings. The highest BCUT2D eigenvalue weighted by molar-refractivity contribution is 7.24. The van der Waals surface area contributed by atoms with Crippen LogP contribution in [0.15, 0.2) is 60.7 Å². The number of aldehydes is 1. The van der Waals surface area contributed by atoms with Gasteiger partial charge in [-0.15, -0.1) is 11.3 Å². The molecule has 0 aliphatic carbocycles. The van der Waals surface area contributed by atoms with Crippen LogP contribution in [-0.4, -0.2) is 21.8 Å². The Bertz CT molecular complexity index is 1140. The molecule has 0 unspecified atom stereocenters. The maximum absolute atomic E-state index is 12.0. The van der Waals surface area contributed by atoms with Crippen molar-refractivity contribution in [1.82, 2.24) is 4.40 Å². The second-order valence-electron chi connectivity index (χ2n) is 5.54. The van der Waals surface area contributed by atoms with Gasteiger partial charge in [-0.25, -0.2) is 4.79 Å². The van der Waals surface area contributed by atoms with Crippen molar-refractivity contribution < 1.29 is 14.7 Å². The average molecular weight is 347 g/mol. The fraction of sp³-hybridized carbons (Fsp3) is 0. The minimum absolute atomic E-state index is 0.531. The van der Waals surface area contributed by atoms with E-state index in [4.69, 9.17) is 5.11 Å². The fourth-order valence-corrected chi connectivity index (χ4v) is 4.27. The molecule has 0 amide bonds. The third-order valence-corrected chi connectivity index (χ3v) is 5.24. The Labute approximate surface area is 147 Å². The number of fused-ring (bicyclic) bond motifs is 3. The van der Waals surface area contributed by atoms with Crippen molar-refractivity contribution >= 4 is 44.7 Å². The zero-order valence-corrected chi connectivity index (χ0v) is 13.9. The summed E-state index contributed by atoms with van der Waals surface area (Å²) in [6.45, 7) is 0. The van der Waals surface area contributed by atoms with E-state index in [1.165, 1.54) is 0 Å². The number of hydrogen-bond donors (Lipinski definition) is 1. The van der Waals surface area contributed by atoms with Crippen LogP contribution >= 0.6 is 11.3 Å². The van der Waals surface area contributed by atoms with Gasteiger partial charge in [0.2, 0.25) is 0 Å². The van der Waals surface area contributed by atoms with Gasteiger partial charge in [0, 0.05) is 17.2 Å². The first-order valence-electron chi connectivity index (χ1n) is 7.68. The van der Waals surface area contributed by atoms with E-state index in [1.807, 2.05) is 59.0 Å². The maximum atomic E-state index is 12.0. The van der Waals surface area contributed by atoms with Gasteiger partial charge in [-0.3, -0.25) is 9.20 Å². The van der Waals surface area contributed by atoms with E-state index in [-0.39, 0.29) is 0 Å². The lowest BCUT2D eigenvalue weighted by molar-refractivity contribution is -0.131. The van der Waals surface area contributed by atoms with Crippen LogP contribution in [0.1, 0.15) is 16.1 Å². The van der Waals surface area contributed by atoms with Gasteiger partial charge in [0.15, 0.2) is 6.29 Å². The quantitative estimate of drug-likeness (QED) is 0.429. The summed E-state index contributed by atoms with van der Waals surface area (Å²) in [6.07, 6.45) is 3.52. The normalized spacial score (nSPS) is 11.5. The molecule has 0 radical (unpaired) electrons. The number of carboxylic acids is 1. The first kappa shape index (κ1) is 15.4. The lowest BCUT2D eigenvalue weighted by Crippen LogP contribution is -1.91. The van der Waals surface area contributed by atoms with Gasteiger partial charge in [-0.05, 0) is 23.8 Å². The van der Waals surface area contributed by atoms with Crippen LogP contribution in [-0.2, 0) is 4.79 Å². The van der Waals surface area contributed by atoms with Gasteiger partial charge >= 0.3 is 5.97 Å². The topological polar surface area (TPSA) is 58.8 Å². The second kappa shape index (κ2) is 6.03. The zero-order valence-electron chi connectivity index (χ0n) is 13.0. The highest BCUT2D eigenvalue weighted by Crippen LogP contribution is 2.39. The Morgan fingerprint density at radius 3 is 2.48 bits per heavy atom. The Morgan fingerprint density at radius 1 is 1.04 bits per heavy atom. The molecular formula is C20H13NO3S. The van der Waals surface area contributed by atoms with E-state index in [2.05, 4.69) is 0 Å². The predicted octanol–water partition coefficient (Wildman–Crippen LogP) is 4.73. The summed E-state index contributed by atoms with van der Waals surface area (Å²) in [5.74, 6) is -1.02. The average Bonchev–Trinajstić information content (AvgIpc) is 3.14. The van der Waals surface area contributed by atoms with Crippen LogP contribution < -0.4 is 0 Å². The third kappa shape index (κ3) is 2.45. The van der Waals surface area contributed by atoms with Gasteiger partial charge in [-0.2, -0.15) is 0 Å². The standard InChI is InChI=1S/C20H13NO3S/c22-12-16-19(13-6-2-1-3-7-13)14(10-11-18(23)24)20-21(16)15-8-4-5-9-17(15)25-20/h1-12H,(H,23,24)/b11-10+. The summed E-state index contributed by atoms with van der Waals surface area (Å²) < 4.78 is 2.96. The minimum atomic E-state index is -1.02. The second-order valence-corrected chi connectivity index (χ2v) is 6.57. The fourth-order valence-electron chi connectivity index (χ4n) is 3.09. The smallest absolute Gasteiger partial charge is 0.328 e. The molecule has 0 bridgehead atoms. The highest BCUT2D eigenvalue weighted by Gasteiger charge is 2.21. The van der Waals surface area contributed by atoms with Crippen LogP contribution in [0.4, 0.5) is 0 Å². The van der Waals surface area contributed by atoms with E-state index >= 15 is 0 Å². The van der Waals surface area contributed by atoms with Crippen LogP contribution in [0.2, 0.25) is 0 Å². The summed E-state index contributed by atoms with van der Waals surface area (Å²) >= 11 is 1.54. The van der Waals surface area contributed by atoms with E-state index in [1.54, 1.807) is 17.4 Å². The molecule has 0 aliphatic heterocycles. The summed E-state index contributed by atoms with van der Waals surface area (Å²) in [6, 6.07) is 17.4. The predicted molar refractivity (Wildman–Crippen MR) is 100 cm³/mol. The Balaban J connectivity index is 2.16. The zero-order chi connectivity index (χ0) is 17.4. The molecule has 4 rings (SSSR count). The van der Waals surface area contributed by atoms with Crippen molar-refractivity contribution in [2.45, 2.75) is 0 Å². The number of hydrogen-bond acceptors (Lipinski definition) is 3. The number of rotatable bonds is 4.